The molecule has 80 valence electrons. The van der Waals surface area contributed by atoms with Crippen LogP contribution in [0.3, 0.4) is 0 Å². The van der Waals surface area contributed by atoms with E-state index in [9.17, 15) is 4.79 Å². The van der Waals surface area contributed by atoms with Crippen LogP contribution in [-0.4, -0.2) is 21.0 Å². The van der Waals surface area contributed by atoms with Gasteiger partial charge in [-0.2, -0.15) is 0 Å². The van der Waals surface area contributed by atoms with Gasteiger partial charge in [0.2, 0.25) is 0 Å². The van der Waals surface area contributed by atoms with E-state index in [1.165, 1.54) is 24.7 Å². The second-order valence-electron chi connectivity index (χ2n) is 2.99. The first-order valence-electron chi connectivity index (χ1n) is 4.52. The Labute approximate surface area is 91.1 Å². The summed E-state index contributed by atoms with van der Waals surface area (Å²) >= 11 is 0. The van der Waals surface area contributed by atoms with Crippen molar-refractivity contribution in [3.63, 3.8) is 0 Å². The largest absolute Gasteiger partial charge is 0.478 e. The molecule has 0 saturated carbocycles. The Morgan fingerprint density at radius 1 is 1.38 bits per heavy atom. The Hall–Kier alpha value is -2.43. The van der Waals surface area contributed by atoms with E-state index in [4.69, 9.17) is 9.52 Å². The van der Waals surface area contributed by atoms with E-state index in [0.29, 0.717) is 17.1 Å². The number of hydrogen-bond acceptors (Lipinski definition) is 4. The molecule has 0 amide bonds. The molecule has 0 spiro atoms. The number of aliphatic carboxylic acids is 1. The molecule has 0 unspecified atom stereocenters. The second-order valence-corrected chi connectivity index (χ2v) is 2.99. The maximum atomic E-state index is 10.3. The number of nitrogens with zero attached hydrogens (tertiary/aromatic N) is 2. The molecule has 16 heavy (non-hydrogen) atoms. The van der Waals surface area contributed by atoms with Gasteiger partial charge in [-0.05, 0) is 18.2 Å². The summed E-state index contributed by atoms with van der Waals surface area (Å²) < 4.78 is 5.12. The topological polar surface area (TPSA) is 76.2 Å². The third-order valence-electron chi connectivity index (χ3n) is 1.83. The maximum Gasteiger partial charge on any atom is 0.328 e. The molecule has 0 fully saturated rings. The van der Waals surface area contributed by atoms with E-state index in [1.807, 2.05) is 0 Å². The lowest BCUT2D eigenvalue weighted by atomic mass is 10.3. The first kappa shape index (κ1) is 10.1. The van der Waals surface area contributed by atoms with Crippen LogP contribution in [0, 0.1) is 0 Å². The predicted molar refractivity (Wildman–Crippen MR) is 56.4 cm³/mol. The van der Waals surface area contributed by atoms with Gasteiger partial charge in [-0.3, -0.25) is 0 Å². The molecule has 0 saturated heterocycles. The lowest BCUT2D eigenvalue weighted by Crippen LogP contribution is -1.89. The van der Waals surface area contributed by atoms with Crippen molar-refractivity contribution in [2.75, 3.05) is 0 Å². The van der Waals surface area contributed by atoms with Crippen molar-refractivity contribution >= 4 is 12.0 Å². The lowest BCUT2D eigenvalue weighted by molar-refractivity contribution is -0.131. The van der Waals surface area contributed by atoms with E-state index in [0.717, 1.165) is 6.08 Å². The highest BCUT2D eigenvalue weighted by Crippen LogP contribution is 2.14. The van der Waals surface area contributed by atoms with E-state index < -0.39 is 5.97 Å². The molecule has 5 heteroatoms. The van der Waals surface area contributed by atoms with Crippen LogP contribution in [0.1, 0.15) is 5.56 Å². The molecule has 2 heterocycles. The average Bonchev–Trinajstić information content (AvgIpc) is 2.80. The molecule has 0 aliphatic heterocycles. The van der Waals surface area contributed by atoms with Crippen LogP contribution in [0.15, 0.2) is 41.3 Å². The third-order valence-corrected chi connectivity index (χ3v) is 1.83. The molecule has 0 aromatic carbocycles. The van der Waals surface area contributed by atoms with Gasteiger partial charge in [0.25, 0.3) is 0 Å². The Morgan fingerprint density at radius 3 is 2.69 bits per heavy atom. The van der Waals surface area contributed by atoms with Crippen molar-refractivity contribution in [1.82, 2.24) is 9.97 Å². The maximum absolute atomic E-state index is 10.3. The van der Waals surface area contributed by atoms with Gasteiger partial charge < -0.3 is 9.52 Å². The molecule has 0 atom stereocenters. The summed E-state index contributed by atoms with van der Waals surface area (Å²) in [7, 11) is 0. The zero-order chi connectivity index (χ0) is 11.4. The van der Waals surface area contributed by atoms with Crippen molar-refractivity contribution in [2.24, 2.45) is 0 Å². The fourth-order valence-electron chi connectivity index (χ4n) is 1.12. The Kier molecular flexibility index (Phi) is 2.77. The number of rotatable bonds is 3. The van der Waals surface area contributed by atoms with Gasteiger partial charge in [0.05, 0.1) is 6.26 Å². The molecule has 5 nitrogen and oxygen atoms in total. The van der Waals surface area contributed by atoms with Crippen LogP contribution in [0.5, 0.6) is 0 Å². The molecule has 2 aromatic heterocycles. The van der Waals surface area contributed by atoms with E-state index in [-0.39, 0.29) is 0 Å². The molecule has 1 N–H and O–H groups in total. The second kappa shape index (κ2) is 4.39. The molecular weight excluding hydrogens is 208 g/mol. The molecule has 2 aromatic rings. The number of hydrogen-bond donors (Lipinski definition) is 1. The van der Waals surface area contributed by atoms with Crippen LogP contribution in [0.2, 0.25) is 0 Å². The van der Waals surface area contributed by atoms with Gasteiger partial charge in [-0.15, -0.1) is 0 Å². The monoisotopic (exact) mass is 216 g/mol. The quantitative estimate of drug-likeness (QED) is 0.792. The molecule has 0 aliphatic rings. The number of carboxylic acid groups (broad SMARTS) is 1. The van der Waals surface area contributed by atoms with Gasteiger partial charge in [0.1, 0.15) is 0 Å². The first-order valence-corrected chi connectivity index (χ1v) is 4.52. The van der Waals surface area contributed by atoms with E-state index >= 15 is 0 Å². The smallest absolute Gasteiger partial charge is 0.328 e. The van der Waals surface area contributed by atoms with Gasteiger partial charge in [-0.25, -0.2) is 14.8 Å². The molecule has 0 bridgehead atoms. The minimum Gasteiger partial charge on any atom is -0.478 e. The molecular formula is C11H8N2O3. The minimum atomic E-state index is -1.00. The summed E-state index contributed by atoms with van der Waals surface area (Å²) in [6, 6.07) is 3.50. The predicted octanol–water partition coefficient (Wildman–Crippen LogP) is 1.83. The van der Waals surface area contributed by atoms with Crippen LogP contribution < -0.4 is 0 Å². The van der Waals surface area contributed by atoms with E-state index in [2.05, 4.69) is 9.97 Å². The summed E-state index contributed by atoms with van der Waals surface area (Å²) in [6.45, 7) is 0. The minimum absolute atomic E-state index is 0.470. The fraction of sp³-hybridized carbons (Fsp3) is 0. The van der Waals surface area contributed by atoms with Crippen LogP contribution in [0.25, 0.3) is 17.7 Å². The van der Waals surface area contributed by atoms with Crippen LogP contribution >= 0.6 is 0 Å². The summed E-state index contributed by atoms with van der Waals surface area (Å²) in [4.78, 5) is 18.4. The van der Waals surface area contributed by atoms with Crippen molar-refractivity contribution in [3.05, 3.63) is 42.4 Å². The van der Waals surface area contributed by atoms with Gasteiger partial charge in [-0.1, -0.05) is 0 Å². The highest BCUT2D eigenvalue weighted by Gasteiger charge is 2.02. The fourth-order valence-corrected chi connectivity index (χ4v) is 1.12. The molecule has 0 radical (unpaired) electrons. The van der Waals surface area contributed by atoms with E-state index in [1.54, 1.807) is 12.1 Å². The Balaban J connectivity index is 2.20. The van der Waals surface area contributed by atoms with Gasteiger partial charge in [0, 0.05) is 24.0 Å². The van der Waals surface area contributed by atoms with Crippen molar-refractivity contribution < 1.29 is 14.3 Å². The lowest BCUT2D eigenvalue weighted by Gasteiger charge is -1.95. The summed E-state index contributed by atoms with van der Waals surface area (Å²) in [5, 5.41) is 8.44. The Morgan fingerprint density at radius 2 is 2.12 bits per heavy atom. The zero-order valence-electron chi connectivity index (χ0n) is 8.20. The molecule has 0 aliphatic carbocycles. The normalized spacial score (nSPS) is 10.8. The highest BCUT2D eigenvalue weighted by atomic mass is 16.4. The van der Waals surface area contributed by atoms with Crippen molar-refractivity contribution in [2.45, 2.75) is 0 Å². The van der Waals surface area contributed by atoms with Crippen LogP contribution in [0.4, 0.5) is 0 Å². The third kappa shape index (κ3) is 2.33. The SMILES string of the molecule is O=C(O)/C=C/c1cnc(-c2ccco2)nc1. The summed E-state index contributed by atoms with van der Waals surface area (Å²) in [5.74, 6) is 0.0429. The van der Waals surface area contributed by atoms with Gasteiger partial charge >= 0.3 is 5.97 Å². The van der Waals surface area contributed by atoms with Gasteiger partial charge in [0.15, 0.2) is 11.6 Å². The number of furan rings is 1. The van der Waals surface area contributed by atoms with Crippen molar-refractivity contribution in [3.8, 4) is 11.6 Å². The first-order chi connectivity index (χ1) is 7.75. The highest BCUT2D eigenvalue weighted by molar-refractivity contribution is 5.85. The number of carbonyl (C=O) groups is 1. The Bertz CT molecular complexity index is 501. The average molecular weight is 216 g/mol. The zero-order valence-corrected chi connectivity index (χ0v) is 8.20. The van der Waals surface area contributed by atoms with Crippen molar-refractivity contribution in [1.29, 1.82) is 0 Å². The summed E-state index contributed by atoms with van der Waals surface area (Å²) in [5.41, 5.74) is 0.623. The molecule has 2 rings (SSSR count). The number of carboxylic acids is 1. The standard InChI is InChI=1S/C11H8N2O3/c14-10(15)4-3-8-6-12-11(13-7-8)9-2-1-5-16-9/h1-7H,(H,14,15)/b4-3+. The van der Waals surface area contributed by atoms with Crippen LogP contribution in [-0.2, 0) is 4.79 Å². The summed E-state index contributed by atoms with van der Waals surface area (Å²) in [6.07, 6.45) is 7.06. The number of aromatic nitrogens is 2.